The second-order valence-electron chi connectivity index (χ2n) is 5.78. The molecule has 0 saturated carbocycles. The standard InChI is InChI=1S/C18H21N5O2/c1-3-8-22-9-7-13-10-14(5-6-16(13)22)20-17(24)18(25)21-15-11-19-23(4-2)12-15/h5-7,9-12H,3-4,8H2,1-2H3,(H,20,24)(H,21,25). The predicted molar refractivity (Wildman–Crippen MR) is 97.4 cm³/mol. The van der Waals surface area contributed by atoms with Crippen LogP contribution in [0.25, 0.3) is 10.9 Å². The van der Waals surface area contributed by atoms with Gasteiger partial charge in [0.1, 0.15) is 0 Å². The highest BCUT2D eigenvalue weighted by Gasteiger charge is 2.15. The lowest BCUT2D eigenvalue weighted by atomic mass is 10.2. The van der Waals surface area contributed by atoms with Crippen molar-refractivity contribution >= 4 is 34.1 Å². The first-order valence-electron chi connectivity index (χ1n) is 8.34. The zero-order chi connectivity index (χ0) is 17.8. The number of anilines is 2. The molecule has 0 radical (unpaired) electrons. The molecule has 0 spiro atoms. The van der Waals surface area contributed by atoms with Crippen molar-refractivity contribution in [1.29, 1.82) is 0 Å². The minimum absolute atomic E-state index is 0.495. The summed E-state index contributed by atoms with van der Waals surface area (Å²) in [5.74, 6) is -1.43. The topological polar surface area (TPSA) is 81.0 Å². The molecule has 7 nitrogen and oxygen atoms in total. The van der Waals surface area contributed by atoms with E-state index in [2.05, 4.69) is 27.2 Å². The van der Waals surface area contributed by atoms with Gasteiger partial charge in [0.05, 0.1) is 11.9 Å². The number of nitrogens with one attached hydrogen (secondary N) is 2. The van der Waals surface area contributed by atoms with Crippen LogP contribution in [0.3, 0.4) is 0 Å². The molecular weight excluding hydrogens is 318 g/mol. The van der Waals surface area contributed by atoms with Crippen LogP contribution in [0.1, 0.15) is 20.3 Å². The molecule has 0 bridgehead atoms. The Labute approximate surface area is 145 Å². The molecule has 0 saturated heterocycles. The molecule has 3 rings (SSSR count). The Morgan fingerprint density at radius 2 is 1.84 bits per heavy atom. The number of hydrogen-bond acceptors (Lipinski definition) is 3. The van der Waals surface area contributed by atoms with Gasteiger partial charge >= 0.3 is 11.8 Å². The predicted octanol–water partition coefficient (Wildman–Crippen LogP) is 2.84. The zero-order valence-electron chi connectivity index (χ0n) is 14.3. The summed E-state index contributed by atoms with van der Waals surface area (Å²) in [4.78, 5) is 24.1. The Morgan fingerprint density at radius 1 is 1.08 bits per heavy atom. The monoisotopic (exact) mass is 339 g/mol. The summed E-state index contributed by atoms with van der Waals surface area (Å²) in [6.07, 6.45) is 6.26. The molecule has 0 unspecified atom stereocenters. The second-order valence-corrected chi connectivity index (χ2v) is 5.78. The molecule has 7 heteroatoms. The molecule has 0 aliphatic rings. The van der Waals surface area contributed by atoms with Gasteiger partial charge in [-0.25, -0.2) is 0 Å². The van der Waals surface area contributed by atoms with Crippen molar-refractivity contribution in [3.8, 4) is 0 Å². The smallest absolute Gasteiger partial charge is 0.314 e. The highest BCUT2D eigenvalue weighted by molar-refractivity contribution is 6.43. The summed E-state index contributed by atoms with van der Waals surface area (Å²) in [6.45, 7) is 5.71. The maximum absolute atomic E-state index is 12.1. The van der Waals surface area contributed by atoms with E-state index in [0.717, 1.165) is 23.9 Å². The highest BCUT2D eigenvalue weighted by atomic mass is 16.2. The lowest BCUT2D eigenvalue weighted by Gasteiger charge is -2.07. The maximum Gasteiger partial charge on any atom is 0.314 e. The maximum atomic E-state index is 12.1. The summed E-state index contributed by atoms with van der Waals surface area (Å²) < 4.78 is 3.83. The number of aromatic nitrogens is 3. The van der Waals surface area contributed by atoms with E-state index >= 15 is 0 Å². The van der Waals surface area contributed by atoms with E-state index in [9.17, 15) is 9.59 Å². The Balaban J connectivity index is 1.67. The molecule has 2 amide bonds. The third-order valence-electron chi connectivity index (χ3n) is 3.91. The van der Waals surface area contributed by atoms with E-state index < -0.39 is 11.8 Å². The molecule has 2 N–H and O–H groups in total. The molecule has 0 aliphatic heterocycles. The van der Waals surface area contributed by atoms with Crippen molar-refractivity contribution in [3.05, 3.63) is 42.9 Å². The van der Waals surface area contributed by atoms with Crippen molar-refractivity contribution < 1.29 is 9.59 Å². The van der Waals surface area contributed by atoms with Crippen LogP contribution in [0, 0.1) is 0 Å². The molecule has 25 heavy (non-hydrogen) atoms. The summed E-state index contributed by atoms with van der Waals surface area (Å²) in [7, 11) is 0. The van der Waals surface area contributed by atoms with E-state index in [1.54, 1.807) is 16.9 Å². The van der Waals surface area contributed by atoms with Crippen molar-refractivity contribution in [2.75, 3.05) is 10.6 Å². The molecule has 3 aromatic rings. The Bertz CT molecular complexity index is 909. The number of carbonyl (C=O) groups excluding carboxylic acids is 2. The fraction of sp³-hybridized carbons (Fsp3) is 0.278. The van der Waals surface area contributed by atoms with Gasteiger partial charge in [-0.1, -0.05) is 6.92 Å². The second kappa shape index (κ2) is 7.21. The lowest BCUT2D eigenvalue weighted by molar-refractivity contribution is -0.132. The molecule has 0 atom stereocenters. The molecule has 1 aromatic carbocycles. The Kier molecular flexibility index (Phi) is 4.83. The number of amides is 2. The fourth-order valence-corrected chi connectivity index (χ4v) is 2.69. The van der Waals surface area contributed by atoms with Crippen molar-refractivity contribution in [3.63, 3.8) is 0 Å². The van der Waals surface area contributed by atoms with Crippen LogP contribution < -0.4 is 10.6 Å². The van der Waals surface area contributed by atoms with E-state index in [0.29, 0.717) is 17.9 Å². The van der Waals surface area contributed by atoms with Crippen LogP contribution in [0.2, 0.25) is 0 Å². The third-order valence-corrected chi connectivity index (χ3v) is 3.91. The van der Waals surface area contributed by atoms with Crippen molar-refractivity contribution in [2.45, 2.75) is 33.4 Å². The fourth-order valence-electron chi connectivity index (χ4n) is 2.69. The van der Waals surface area contributed by atoms with Gasteiger partial charge < -0.3 is 15.2 Å². The van der Waals surface area contributed by atoms with Gasteiger partial charge in [0.15, 0.2) is 0 Å². The van der Waals surface area contributed by atoms with Gasteiger partial charge in [-0.3, -0.25) is 14.3 Å². The first kappa shape index (κ1) is 16.8. The molecule has 2 heterocycles. The number of rotatable bonds is 5. The number of nitrogens with zero attached hydrogens (tertiary/aromatic N) is 3. The first-order chi connectivity index (χ1) is 12.1. The summed E-state index contributed by atoms with van der Waals surface area (Å²) in [5.41, 5.74) is 2.19. The van der Waals surface area contributed by atoms with Crippen LogP contribution in [0.4, 0.5) is 11.4 Å². The average Bonchev–Trinajstić information content (AvgIpc) is 3.22. The van der Waals surface area contributed by atoms with Gasteiger partial charge in [-0.2, -0.15) is 5.10 Å². The molecule has 130 valence electrons. The third kappa shape index (κ3) is 3.71. The van der Waals surface area contributed by atoms with Crippen LogP contribution >= 0.6 is 0 Å². The largest absolute Gasteiger partial charge is 0.347 e. The summed E-state index contributed by atoms with van der Waals surface area (Å²) >= 11 is 0. The summed E-state index contributed by atoms with van der Waals surface area (Å²) in [5, 5.41) is 10.2. The van der Waals surface area contributed by atoms with E-state index in [1.165, 1.54) is 6.20 Å². The average molecular weight is 339 g/mol. The van der Waals surface area contributed by atoms with Gasteiger partial charge in [0, 0.05) is 42.1 Å². The Hall–Kier alpha value is -3.09. The number of hydrogen-bond donors (Lipinski definition) is 2. The Morgan fingerprint density at radius 3 is 2.52 bits per heavy atom. The van der Waals surface area contributed by atoms with Crippen molar-refractivity contribution in [1.82, 2.24) is 14.3 Å². The van der Waals surface area contributed by atoms with E-state index in [4.69, 9.17) is 0 Å². The van der Waals surface area contributed by atoms with Crippen molar-refractivity contribution in [2.24, 2.45) is 0 Å². The van der Waals surface area contributed by atoms with Gasteiger partial charge in [-0.15, -0.1) is 0 Å². The highest BCUT2D eigenvalue weighted by Crippen LogP contribution is 2.21. The molecule has 0 fully saturated rings. The summed E-state index contributed by atoms with van der Waals surface area (Å²) in [6, 6.07) is 7.61. The van der Waals surface area contributed by atoms with Crippen LogP contribution in [0.5, 0.6) is 0 Å². The normalized spacial score (nSPS) is 10.8. The van der Waals surface area contributed by atoms with Gasteiger partial charge in [0.25, 0.3) is 0 Å². The van der Waals surface area contributed by atoms with Gasteiger partial charge in [-0.05, 0) is 37.6 Å². The van der Waals surface area contributed by atoms with Crippen LogP contribution in [-0.4, -0.2) is 26.2 Å². The first-order valence-corrected chi connectivity index (χ1v) is 8.34. The zero-order valence-corrected chi connectivity index (χ0v) is 14.3. The molecular formula is C18H21N5O2. The van der Waals surface area contributed by atoms with E-state index in [-0.39, 0.29) is 0 Å². The SMILES string of the molecule is CCCn1ccc2cc(NC(=O)C(=O)Nc3cnn(CC)c3)ccc21. The van der Waals surface area contributed by atoms with Crippen LogP contribution in [-0.2, 0) is 22.7 Å². The lowest BCUT2D eigenvalue weighted by Crippen LogP contribution is -2.28. The number of fused-ring (bicyclic) bond motifs is 1. The number of carbonyl (C=O) groups is 2. The quantitative estimate of drug-likeness (QED) is 0.701. The van der Waals surface area contributed by atoms with E-state index in [1.807, 2.05) is 31.3 Å². The van der Waals surface area contributed by atoms with Gasteiger partial charge in [0.2, 0.25) is 0 Å². The minimum atomic E-state index is -0.723. The number of aryl methyl sites for hydroxylation is 2. The molecule has 0 aliphatic carbocycles. The van der Waals surface area contributed by atoms with Crippen LogP contribution in [0.15, 0.2) is 42.9 Å². The number of benzene rings is 1. The molecule has 2 aromatic heterocycles. The minimum Gasteiger partial charge on any atom is -0.347 e.